The molecule has 1 aliphatic heterocycles. The summed E-state index contributed by atoms with van der Waals surface area (Å²) in [6, 6.07) is 0.934. The van der Waals surface area contributed by atoms with Crippen molar-refractivity contribution in [2.24, 2.45) is 17.6 Å². The molecule has 0 aliphatic carbocycles. The summed E-state index contributed by atoms with van der Waals surface area (Å²) in [6.45, 7) is 13.0. The first kappa shape index (κ1) is 14.9. The van der Waals surface area contributed by atoms with Crippen LogP contribution >= 0.6 is 0 Å². The normalized spacial score (nSPS) is 25.4. The Kier molecular flexibility index (Phi) is 6.45. The predicted molar refractivity (Wildman–Crippen MR) is 73.1 cm³/mol. The molecule has 1 saturated heterocycles. The van der Waals surface area contributed by atoms with E-state index in [1.807, 2.05) is 0 Å². The molecule has 0 bridgehead atoms. The van der Waals surface area contributed by atoms with Crippen molar-refractivity contribution in [1.82, 2.24) is 4.90 Å². The van der Waals surface area contributed by atoms with Gasteiger partial charge in [0.05, 0.1) is 13.2 Å². The van der Waals surface area contributed by atoms with Gasteiger partial charge < -0.3 is 10.5 Å². The zero-order chi connectivity index (χ0) is 12.8. The van der Waals surface area contributed by atoms with Crippen LogP contribution in [0, 0.1) is 11.8 Å². The van der Waals surface area contributed by atoms with Crippen LogP contribution < -0.4 is 5.73 Å². The van der Waals surface area contributed by atoms with Gasteiger partial charge in [0, 0.05) is 31.1 Å². The molecular weight excluding hydrogens is 212 g/mol. The van der Waals surface area contributed by atoms with Gasteiger partial charge in [-0.1, -0.05) is 27.7 Å². The highest BCUT2D eigenvalue weighted by atomic mass is 16.5. The molecule has 0 aromatic carbocycles. The molecule has 0 saturated carbocycles. The van der Waals surface area contributed by atoms with E-state index in [0.29, 0.717) is 17.9 Å². The molecule has 1 fully saturated rings. The SMILES string of the molecule is CCC(CC)N(CC(C)C)CC1COCC1N. The molecule has 0 amide bonds. The minimum Gasteiger partial charge on any atom is -0.379 e. The van der Waals surface area contributed by atoms with Gasteiger partial charge in [-0.3, -0.25) is 4.90 Å². The molecule has 2 unspecified atom stereocenters. The topological polar surface area (TPSA) is 38.5 Å². The Hall–Kier alpha value is -0.120. The van der Waals surface area contributed by atoms with Crippen LogP contribution in [0.3, 0.4) is 0 Å². The summed E-state index contributed by atoms with van der Waals surface area (Å²) in [5.74, 6) is 1.24. The number of hydrogen-bond acceptors (Lipinski definition) is 3. The van der Waals surface area contributed by atoms with Crippen molar-refractivity contribution in [3.8, 4) is 0 Å². The van der Waals surface area contributed by atoms with Crippen LogP contribution in [0.25, 0.3) is 0 Å². The molecule has 1 rings (SSSR count). The lowest BCUT2D eigenvalue weighted by atomic mass is 10.0. The van der Waals surface area contributed by atoms with Gasteiger partial charge in [0.15, 0.2) is 0 Å². The quantitative estimate of drug-likeness (QED) is 0.743. The standard InChI is InChI=1S/C14H30N2O/c1-5-13(6-2)16(7-11(3)4)8-12-9-17-10-14(12)15/h11-14H,5-10,15H2,1-4H3. The summed E-state index contributed by atoms with van der Waals surface area (Å²) in [6.07, 6.45) is 2.46. The van der Waals surface area contributed by atoms with Crippen LogP contribution in [0.2, 0.25) is 0 Å². The molecule has 3 heteroatoms. The van der Waals surface area contributed by atoms with E-state index in [2.05, 4.69) is 32.6 Å². The minimum atomic E-state index is 0.235. The van der Waals surface area contributed by atoms with Crippen LogP contribution in [0.4, 0.5) is 0 Å². The fourth-order valence-corrected chi connectivity index (χ4v) is 2.75. The second-order valence-electron chi connectivity index (χ2n) is 5.78. The maximum atomic E-state index is 6.09. The molecule has 102 valence electrons. The monoisotopic (exact) mass is 242 g/mol. The molecule has 2 atom stereocenters. The van der Waals surface area contributed by atoms with E-state index >= 15 is 0 Å². The van der Waals surface area contributed by atoms with E-state index in [-0.39, 0.29) is 6.04 Å². The summed E-state index contributed by atoms with van der Waals surface area (Å²) in [5, 5.41) is 0. The molecule has 17 heavy (non-hydrogen) atoms. The zero-order valence-corrected chi connectivity index (χ0v) is 12.0. The van der Waals surface area contributed by atoms with Gasteiger partial charge in [0.25, 0.3) is 0 Å². The third-order valence-corrected chi connectivity index (χ3v) is 3.78. The lowest BCUT2D eigenvalue weighted by Gasteiger charge is -2.34. The van der Waals surface area contributed by atoms with E-state index in [1.165, 1.54) is 19.4 Å². The van der Waals surface area contributed by atoms with E-state index in [9.17, 15) is 0 Å². The predicted octanol–water partition coefficient (Wildman–Crippen LogP) is 2.11. The molecule has 0 aromatic heterocycles. The first-order valence-corrected chi connectivity index (χ1v) is 7.15. The largest absolute Gasteiger partial charge is 0.379 e. The molecule has 0 radical (unpaired) electrons. The van der Waals surface area contributed by atoms with Crippen molar-refractivity contribution in [2.45, 2.75) is 52.6 Å². The molecule has 3 nitrogen and oxygen atoms in total. The van der Waals surface area contributed by atoms with Crippen LogP contribution in [0.15, 0.2) is 0 Å². The highest BCUT2D eigenvalue weighted by molar-refractivity contribution is 4.83. The van der Waals surface area contributed by atoms with Crippen molar-refractivity contribution in [2.75, 3.05) is 26.3 Å². The fraction of sp³-hybridized carbons (Fsp3) is 1.00. The zero-order valence-electron chi connectivity index (χ0n) is 12.0. The fourth-order valence-electron chi connectivity index (χ4n) is 2.75. The third kappa shape index (κ3) is 4.57. The average Bonchev–Trinajstić information content (AvgIpc) is 2.65. The Morgan fingerprint density at radius 1 is 1.24 bits per heavy atom. The first-order valence-electron chi connectivity index (χ1n) is 7.15. The van der Waals surface area contributed by atoms with Gasteiger partial charge in [0.1, 0.15) is 0 Å². The van der Waals surface area contributed by atoms with Crippen LogP contribution in [0.5, 0.6) is 0 Å². The molecule has 2 N–H and O–H groups in total. The first-order chi connectivity index (χ1) is 8.08. The van der Waals surface area contributed by atoms with E-state index in [0.717, 1.165) is 19.8 Å². The van der Waals surface area contributed by atoms with Crippen LogP contribution in [0.1, 0.15) is 40.5 Å². The van der Waals surface area contributed by atoms with E-state index < -0.39 is 0 Å². The number of nitrogens with two attached hydrogens (primary N) is 1. The van der Waals surface area contributed by atoms with Gasteiger partial charge in [-0.2, -0.15) is 0 Å². The summed E-state index contributed by atoms with van der Waals surface area (Å²) < 4.78 is 5.47. The Morgan fingerprint density at radius 3 is 2.29 bits per heavy atom. The number of nitrogens with zero attached hydrogens (tertiary/aromatic N) is 1. The maximum absolute atomic E-state index is 6.09. The van der Waals surface area contributed by atoms with Gasteiger partial charge in [-0.15, -0.1) is 0 Å². The maximum Gasteiger partial charge on any atom is 0.0621 e. The smallest absolute Gasteiger partial charge is 0.0621 e. The summed E-state index contributed by atoms with van der Waals surface area (Å²) in [4.78, 5) is 2.63. The third-order valence-electron chi connectivity index (χ3n) is 3.78. The molecule has 1 heterocycles. The average molecular weight is 242 g/mol. The van der Waals surface area contributed by atoms with E-state index in [1.54, 1.807) is 0 Å². The van der Waals surface area contributed by atoms with Crippen LogP contribution in [-0.2, 0) is 4.74 Å². The summed E-state index contributed by atoms with van der Waals surface area (Å²) >= 11 is 0. The Morgan fingerprint density at radius 2 is 1.88 bits per heavy atom. The molecule has 0 aromatic rings. The van der Waals surface area contributed by atoms with Crippen molar-refractivity contribution in [3.05, 3.63) is 0 Å². The second-order valence-corrected chi connectivity index (χ2v) is 5.78. The van der Waals surface area contributed by atoms with Crippen molar-refractivity contribution in [1.29, 1.82) is 0 Å². The number of hydrogen-bond donors (Lipinski definition) is 1. The van der Waals surface area contributed by atoms with E-state index in [4.69, 9.17) is 10.5 Å². The molecule has 1 aliphatic rings. The van der Waals surface area contributed by atoms with Crippen molar-refractivity contribution < 1.29 is 4.74 Å². The molecular formula is C14H30N2O. The number of rotatable bonds is 7. The van der Waals surface area contributed by atoms with Gasteiger partial charge in [0.2, 0.25) is 0 Å². The van der Waals surface area contributed by atoms with Crippen molar-refractivity contribution in [3.63, 3.8) is 0 Å². The van der Waals surface area contributed by atoms with Crippen molar-refractivity contribution >= 4 is 0 Å². The lowest BCUT2D eigenvalue weighted by molar-refractivity contribution is 0.125. The van der Waals surface area contributed by atoms with Gasteiger partial charge in [-0.25, -0.2) is 0 Å². The Bertz CT molecular complexity index is 204. The van der Waals surface area contributed by atoms with Gasteiger partial charge in [-0.05, 0) is 18.8 Å². The minimum absolute atomic E-state index is 0.235. The highest BCUT2D eigenvalue weighted by Crippen LogP contribution is 2.18. The summed E-state index contributed by atoms with van der Waals surface area (Å²) in [7, 11) is 0. The Labute approximate surface area is 107 Å². The highest BCUT2D eigenvalue weighted by Gasteiger charge is 2.28. The summed E-state index contributed by atoms with van der Waals surface area (Å²) in [5.41, 5.74) is 6.09. The number of ether oxygens (including phenoxy) is 1. The molecule has 0 spiro atoms. The van der Waals surface area contributed by atoms with Gasteiger partial charge >= 0.3 is 0 Å². The Balaban J connectivity index is 2.55. The van der Waals surface area contributed by atoms with Crippen LogP contribution in [-0.4, -0.2) is 43.3 Å². The second kappa shape index (κ2) is 7.34. The lowest BCUT2D eigenvalue weighted by Crippen LogP contribution is -2.44.